The van der Waals surface area contributed by atoms with Gasteiger partial charge in [0.1, 0.15) is 0 Å². The monoisotopic (exact) mass is 296 g/mol. The summed E-state index contributed by atoms with van der Waals surface area (Å²) < 4.78 is 0. The van der Waals surface area contributed by atoms with Crippen molar-refractivity contribution in [2.75, 3.05) is 17.7 Å². The fraction of sp³-hybridized carbons (Fsp3) is 0.278. The number of para-hydroxylation sites is 2. The molecule has 1 aliphatic rings. The Morgan fingerprint density at radius 1 is 1.10 bits per heavy atom. The summed E-state index contributed by atoms with van der Waals surface area (Å²) in [7, 11) is 0. The molecule has 0 fully saturated rings. The summed E-state index contributed by atoms with van der Waals surface area (Å²) in [5, 5.41) is 1.22. The molecule has 0 saturated heterocycles. The molecule has 2 aromatic rings. The molecule has 0 aliphatic carbocycles. The zero-order valence-corrected chi connectivity index (χ0v) is 13.3. The van der Waals surface area contributed by atoms with Crippen LogP contribution in [0.1, 0.15) is 12.5 Å². The number of rotatable bonds is 2. The molecule has 1 aliphatic heterocycles. The summed E-state index contributed by atoms with van der Waals surface area (Å²) in [4.78, 5) is 7.31. The van der Waals surface area contributed by atoms with Gasteiger partial charge in [0, 0.05) is 19.0 Å². The van der Waals surface area contributed by atoms with E-state index in [2.05, 4.69) is 72.7 Å². The van der Waals surface area contributed by atoms with E-state index in [-0.39, 0.29) is 0 Å². The van der Waals surface area contributed by atoms with E-state index in [0.717, 1.165) is 18.8 Å². The molecule has 1 atom stereocenters. The van der Waals surface area contributed by atoms with E-state index in [0.29, 0.717) is 5.92 Å². The maximum absolute atomic E-state index is 4.87. The van der Waals surface area contributed by atoms with Crippen molar-refractivity contribution in [1.82, 2.24) is 0 Å². The van der Waals surface area contributed by atoms with Gasteiger partial charge in [-0.25, -0.2) is 4.99 Å². The van der Waals surface area contributed by atoms with E-state index in [4.69, 9.17) is 4.99 Å². The standard InChI is InChI=1S/C18H20N2S/c1-14-12-20(13-15-8-4-3-5-9-15)17-11-7-6-10-16(17)19-18(14)21-2/h3-11,14H,12-13H2,1-2H3. The van der Waals surface area contributed by atoms with Crippen LogP contribution < -0.4 is 4.90 Å². The molecule has 0 radical (unpaired) electrons. The number of nitrogens with zero attached hydrogens (tertiary/aromatic N) is 2. The second-order valence-corrected chi connectivity index (χ2v) is 6.24. The first-order chi connectivity index (χ1) is 10.3. The van der Waals surface area contributed by atoms with Crippen LogP contribution in [-0.2, 0) is 6.54 Å². The van der Waals surface area contributed by atoms with Gasteiger partial charge in [-0.1, -0.05) is 49.4 Å². The van der Waals surface area contributed by atoms with Gasteiger partial charge in [-0.2, -0.15) is 0 Å². The molecule has 3 heteroatoms. The summed E-state index contributed by atoms with van der Waals surface area (Å²) in [5.74, 6) is 0.455. The van der Waals surface area contributed by atoms with Crippen LogP contribution in [0.25, 0.3) is 0 Å². The van der Waals surface area contributed by atoms with E-state index in [1.807, 2.05) is 0 Å². The first-order valence-electron chi connectivity index (χ1n) is 7.28. The Morgan fingerprint density at radius 2 is 1.81 bits per heavy atom. The minimum Gasteiger partial charge on any atom is -0.365 e. The number of hydrogen-bond donors (Lipinski definition) is 0. The summed E-state index contributed by atoms with van der Waals surface area (Å²) in [6.45, 7) is 4.20. The third-order valence-corrected chi connectivity index (χ3v) is 4.71. The van der Waals surface area contributed by atoms with Crippen LogP contribution in [0.15, 0.2) is 59.6 Å². The van der Waals surface area contributed by atoms with Gasteiger partial charge in [-0.3, -0.25) is 0 Å². The van der Waals surface area contributed by atoms with E-state index >= 15 is 0 Å². The highest BCUT2D eigenvalue weighted by molar-refractivity contribution is 8.13. The van der Waals surface area contributed by atoms with Crippen LogP contribution in [0.4, 0.5) is 11.4 Å². The highest BCUT2D eigenvalue weighted by atomic mass is 32.2. The summed E-state index contributed by atoms with van der Waals surface area (Å²) in [6.07, 6.45) is 2.12. The van der Waals surface area contributed by atoms with Crippen molar-refractivity contribution in [3.05, 3.63) is 60.2 Å². The minimum absolute atomic E-state index is 0.455. The van der Waals surface area contributed by atoms with Gasteiger partial charge in [-0.05, 0) is 24.0 Å². The van der Waals surface area contributed by atoms with Crippen molar-refractivity contribution < 1.29 is 0 Å². The molecule has 0 bridgehead atoms. The molecule has 0 saturated carbocycles. The van der Waals surface area contributed by atoms with Crippen LogP contribution in [0.2, 0.25) is 0 Å². The van der Waals surface area contributed by atoms with E-state index < -0.39 is 0 Å². The van der Waals surface area contributed by atoms with Crippen LogP contribution in [0.5, 0.6) is 0 Å². The number of anilines is 1. The largest absolute Gasteiger partial charge is 0.365 e. The second kappa shape index (κ2) is 6.35. The molecule has 21 heavy (non-hydrogen) atoms. The van der Waals surface area contributed by atoms with Gasteiger partial charge in [0.15, 0.2) is 0 Å². The number of fused-ring (bicyclic) bond motifs is 1. The lowest BCUT2D eigenvalue weighted by molar-refractivity contribution is 0.702. The van der Waals surface area contributed by atoms with Crippen LogP contribution in [0, 0.1) is 5.92 Å². The molecule has 108 valence electrons. The van der Waals surface area contributed by atoms with Crippen molar-refractivity contribution >= 4 is 28.2 Å². The fourth-order valence-corrected chi connectivity index (χ4v) is 3.43. The lowest BCUT2D eigenvalue weighted by Crippen LogP contribution is -2.29. The highest BCUT2D eigenvalue weighted by Crippen LogP contribution is 2.35. The number of benzene rings is 2. The van der Waals surface area contributed by atoms with Gasteiger partial charge in [-0.15, -0.1) is 11.8 Å². The Morgan fingerprint density at radius 3 is 2.57 bits per heavy atom. The van der Waals surface area contributed by atoms with Crippen molar-refractivity contribution in [2.24, 2.45) is 10.9 Å². The number of thioether (sulfide) groups is 1. The topological polar surface area (TPSA) is 15.6 Å². The van der Waals surface area contributed by atoms with Crippen molar-refractivity contribution in [3.63, 3.8) is 0 Å². The van der Waals surface area contributed by atoms with Crippen molar-refractivity contribution in [3.8, 4) is 0 Å². The van der Waals surface area contributed by atoms with Gasteiger partial charge in [0.2, 0.25) is 0 Å². The average Bonchev–Trinajstić information content (AvgIpc) is 2.65. The molecule has 1 heterocycles. The highest BCUT2D eigenvalue weighted by Gasteiger charge is 2.21. The SMILES string of the molecule is CSC1=Nc2ccccc2N(Cc2ccccc2)CC1C. The van der Waals surface area contributed by atoms with Crippen molar-refractivity contribution in [2.45, 2.75) is 13.5 Å². The number of aliphatic imine (C=N–C) groups is 1. The second-order valence-electron chi connectivity index (χ2n) is 5.41. The zero-order valence-electron chi connectivity index (χ0n) is 12.5. The molecule has 3 rings (SSSR count). The molecule has 0 aromatic heterocycles. The van der Waals surface area contributed by atoms with E-state index in [1.165, 1.54) is 16.3 Å². The van der Waals surface area contributed by atoms with Gasteiger partial charge in [0.25, 0.3) is 0 Å². The smallest absolute Gasteiger partial charge is 0.0872 e. The Kier molecular flexibility index (Phi) is 4.30. The van der Waals surface area contributed by atoms with Gasteiger partial charge in [0.05, 0.1) is 16.4 Å². The van der Waals surface area contributed by atoms with Crippen LogP contribution >= 0.6 is 11.8 Å². The fourth-order valence-electron chi connectivity index (χ4n) is 2.76. The summed E-state index contributed by atoms with van der Waals surface area (Å²) in [5.41, 5.74) is 3.66. The molecule has 1 unspecified atom stereocenters. The Balaban J connectivity index is 1.96. The van der Waals surface area contributed by atoms with Gasteiger partial charge >= 0.3 is 0 Å². The molecule has 0 spiro atoms. The first kappa shape index (κ1) is 14.2. The first-order valence-corrected chi connectivity index (χ1v) is 8.51. The summed E-state index contributed by atoms with van der Waals surface area (Å²) in [6, 6.07) is 19.1. The maximum Gasteiger partial charge on any atom is 0.0872 e. The molecular weight excluding hydrogens is 276 g/mol. The predicted molar refractivity (Wildman–Crippen MR) is 93.7 cm³/mol. The molecular formula is C18H20N2S. The quantitative estimate of drug-likeness (QED) is 0.795. The lowest BCUT2D eigenvalue weighted by atomic mass is 10.1. The summed E-state index contributed by atoms with van der Waals surface area (Å²) >= 11 is 1.76. The predicted octanol–water partition coefficient (Wildman–Crippen LogP) is 4.74. The normalized spacial score (nSPS) is 17.9. The molecule has 2 nitrogen and oxygen atoms in total. The molecule has 0 N–H and O–H groups in total. The third kappa shape index (κ3) is 3.13. The van der Waals surface area contributed by atoms with E-state index in [9.17, 15) is 0 Å². The Bertz CT molecular complexity index is 637. The molecule has 0 amide bonds. The zero-order chi connectivity index (χ0) is 14.7. The molecule has 2 aromatic carbocycles. The minimum atomic E-state index is 0.455. The third-order valence-electron chi connectivity index (χ3n) is 3.79. The van der Waals surface area contributed by atoms with Gasteiger partial charge < -0.3 is 4.90 Å². The van der Waals surface area contributed by atoms with Crippen LogP contribution in [0.3, 0.4) is 0 Å². The Labute approximate surface area is 130 Å². The lowest BCUT2D eigenvalue weighted by Gasteiger charge is -2.26. The average molecular weight is 296 g/mol. The van der Waals surface area contributed by atoms with E-state index in [1.54, 1.807) is 11.8 Å². The Hall–Kier alpha value is -1.74. The van der Waals surface area contributed by atoms with Crippen LogP contribution in [-0.4, -0.2) is 17.8 Å². The van der Waals surface area contributed by atoms with Crippen molar-refractivity contribution in [1.29, 1.82) is 0 Å². The number of hydrogen-bond acceptors (Lipinski definition) is 3. The maximum atomic E-state index is 4.87.